The van der Waals surface area contributed by atoms with E-state index >= 15 is 0 Å². The fourth-order valence-corrected chi connectivity index (χ4v) is 3.84. The van der Waals surface area contributed by atoms with E-state index < -0.39 is 8.80 Å². The van der Waals surface area contributed by atoms with Crippen molar-refractivity contribution in [1.82, 2.24) is 10.6 Å². The third-order valence-corrected chi connectivity index (χ3v) is 6.25. The summed E-state index contributed by atoms with van der Waals surface area (Å²) in [5, 5.41) is 6.82. The van der Waals surface area contributed by atoms with Crippen LogP contribution in [0.5, 0.6) is 0 Å². The predicted octanol–water partition coefficient (Wildman–Crippen LogP) is 2.06. The zero-order valence-corrected chi connectivity index (χ0v) is 15.6. The number of benzene rings is 1. The smallest absolute Gasteiger partial charge is 0.377 e. The van der Waals surface area contributed by atoms with Crippen LogP contribution in [0, 0.1) is 0 Å². The summed E-state index contributed by atoms with van der Waals surface area (Å²) in [4.78, 5) is 0. The number of hydrogen-bond donors (Lipinski definition) is 2. The third kappa shape index (κ3) is 8.24. The Balaban J connectivity index is 0.00000441. The largest absolute Gasteiger partial charge is 0.500 e. The van der Waals surface area contributed by atoms with Crippen molar-refractivity contribution >= 4 is 21.2 Å². The van der Waals surface area contributed by atoms with Crippen molar-refractivity contribution in [3.63, 3.8) is 0 Å². The molecular formula is C15H29ClN2O3Si. The molecule has 0 saturated carbocycles. The van der Waals surface area contributed by atoms with Gasteiger partial charge in [0.1, 0.15) is 0 Å². The molecule has 0 heterocycles. The van der Waals surface area contributed by atoms with Gasteiger partial charge in [-0.15, -0.1) is 12.4 Å². The Morgan fingerprint density at radius 1 is 0.864 bits per heavy atom. The van der Waals surface area contributed by atoms with Crippen LogP contribution in [0.15, 0.2) is 30.3 Å². The highest BCUT2D eigenvalue weighted by atomic mass is 35.5. The van der Waals surface area contributed by atoms with Gasteiger partial charge in [-0.2, -0.15) is 0 Å². The van der Waals surface area contributed by atoms with E-state index in [9.17, 15) is 0 Å². The van der Waals surface area contributed by atoms with Crippen LogP contribution >= 0.6 is 12.4 Å². The lowest BCUT2D eigenvalue weighted by Crippen LogP contribution is -2.43. The van der Waals surface area contributed by atoms with Crippen LogP contribution in [-0.4, -0.2) is 49.8 Å². The highest BCUT2D eigenvalue weighted by molar-refractivity contribution is 6.60. The maximum atomic E-state index is 5.38. The van der Waals surface area contributed by atoms with E-state index in [1.165, 1.54) is 5.56 Å². The first-order chi connectivity index (χ1) is 10.3. The summed E-state index contributed by atoms with van der Waals surface area (Å²) in [6.45, 7) is 3.76. The first-order valence-corrected chi connectivity index (χ1v) is 9.30. The van der Waals surface area contributed by atoms with Gasteiger partial charge < -0.3 is 23.9 Å². The second kappa shape index (κ2) is 13.0. The van der Waals surface area contributed by atoms with E-state index in [-0.39, 0.29) is 12.4 Å². The minimum absolute atomic E-state index is 0. The topological polar surface area (TPSA) is 51.8 Å². The van der Waals surface area contributed by atoms with E-state index in [4.69, 9.17) is 13.3 Å². The summed E-state index contributed by atoms with van der Waals surface area (Å²) in [5.41, 5.74) is 1.31. The van der Waals surface area contributed by atoms with Gasteiger partial charge in [-0.25, -0.2) is 0 Å². The number of nitrogens with one attached hydrogen (secondary N) is 2. The van der Waals surface area contributed by atoms with Crippen LogP contribution in [0.2, 0.25) is 6.04 Å². The highest BCUT2D eigenvalue weighted by Gasteiger charge is 2.36. The molecule has 0 aliphatic carbocycles. The van der Waals surface area contributed by atoms with Crippen LogP contribution < -0.4 is 10.6 Å². The van der Waals surface area contributed by atoms with Crippen LogP contribution in [-0.2, 0) is 19.8 Å². The van der Waals surface area contributed by atoms with Gasteiger partial charge in [0.2, 0.25) is 0 Å². The van der Waals surface area contributed by atoms with Gasteiger partial charge in [0, 0.05) is 47.0 Å². The zero-order valence-electron chi connectivity index (χ0n) is 13.8. The Morgan fingerprint density at radius 2 is 1.45 bits per heavy atom. The Bertz CT molecular complexity index is 359. The van der Waals surface area contributed by atoms with Gasteiger partial charge in [-0.3, -0.25) is 0 Å². The lowest BCUT2D eigenvalue weighted by atomic mass is 10.2. The van der Waals surface area contributed by atoms with Crippen LogP contribution in [0.3, 0.4) is 0 Å². The molecule has 128 valence electrons. The van der Waals surface area contributed by atoms with Gasteiger partial charge in [0.25, 0.3) is 0 Å². The molecule has 1 aromatic carbocycles. The molecule has 0 saturated heterocycles. The van der Waals surface area contributed by atoms with E-state index in [1.807, 2.05) is 6.07 Å². The number of halogens is 1. The average molecular weight is 349 g/mol. The van der Waals surface area contributed by atoms with Crippen molar-refractivity contribution in [2.24, 2.45) is 0 Å². The second-order valence-corrected chi connectivity index (χ2v) is 7.90. The first kappa shape index (κ1) is 21.5. The standard InChI is InChI=1S/C15H28N2O3Si.ClH/c1-18-21(19-2,20-3)13-7-10-16-11-12-17-14-15-8-5-4-6-9-15;/h4-6,8-9,16-17H,7,10-14H2,1-3H3;1H. The van der Waals surface area contributed by atoms with E-state index in [0.717, 1.165) is 38.6 Å². The summed E-state index contributed by atoms with van der Waals surface area (Å²) in [6, 6.07) is 11.3. The van der Waals surface area contributed by atoms with Crippen LogP contribution in [0.4, 0.5) is 0 Å². The Morgan fingerprint density at radius 3 is 2.05 bits per heavy atom. The number of hydrogen-bond acceptors (Lipinski definition) is 5. The van der Waals surface area contributed by atoms with Crippen molar-refractivity contribution in [3.8, 4) is 0 Å². The first-order valence-electron chi connectivity index (χ1n) is 7.37. The molecule has 0 spiro atoms. The van der Waals surface area contributed by atoms with Crippen molar-refractivity contribution in [3.05, 3.63) is 35.9 Å². The average Bonchev–Trinajstić information content (AvgIpc) is 2.55. The molecule has 0 aliphatic rings. The van der Waals surface area contributed by atoms with Crippen LogP contribution in [0.1, 0.15) is 12.0 Å². The SMILES string of the molecule is CO[Si](CCCNCCNCc1ccccc1)(OC)OC.Cl. The predicted molar refractivity (Wildman–Crippen MR) is 94.5 cm³/mol. The van der Waals surface area contributed by atoms with Gasteiger partial charge in [0.15, 0.2) is 0 Å². The monoisotopic (exact) mass is 348 g/mol. The minimum atomic E-state index is -2.39. The molecule has 0 bridgehead atoms. The fourth-order valence-electron chi connectivity index (χ4n) is 2.12. The number of rotatable bonds is 12. The molecule has 0 unspecified atom stereocenters. The van der Waals surface area contributed by atoms with Crippen molar-refractivity contribution in [2.75, 3.05) is 41.0 Å². The lowest BCUT2D eigenvalue weighted by Gasteiger charge is -2.24. The second-order valence-electron chi connectivity index (χ2n) is 4.81. The molecule has 1 rings (SSSR count). The minimum Gasteiger partial charge on any atom is -0.377 e. The molecule has 0 amide bonds. The van der Waals surface area contributed by atoms with Gasteiger partial charge in [0.05, 0.1) is 0 Å². The molecule has 0 aliphatic heterocycles. The third-order valence-electron chi connectivity index (χ3n) is 3.42. The van der Waals surface area contributed by atoms with Crippen LogP contribution in [0.25, 0.3) is 0 Å². The van der Waals surface area contributed by atoms with E-state index in [2.05, 4.69) is 34.9 Å². The van der Waals surface area contributed by atoms with Gasteiger partial charge >= 0.3 is 8.80 Å². The molecule has 7 heteroatoms. The molecule has 0 fully saturated rings. The molecule has 22 heavy (non-hydrogen) atoms. The normalized spacial score (nSPS) is 11.2. The quantitative estimate of drug-likeness (QED) is 0.447. The summed E-state index contributed by atoms with van der Waals surface area (Å²) in [6.07, 6.45) is 0.987. The Labute approximate surface area is 141 Å². The molecule has 0 aromatic heterocycles. The van der Waals surface area contributed by atoms with Crippen molar-refractivity contribution in [2.45, 2.75) is 19.0 Å². The molecule has 0 atom stereocenters. The summed E-state index contributed by atoms with van der Waals surface area (Å²) in [5.74, 6) is 0. The highest BCUT2D eigenvalue weighted by Crippen LogP contribution is 2.14. The Hall–Kier alpha value is -0.473. The molecule has 5 nitrogen and oxygen atoms in total. The summed E-state index contributed by atoms with van der Waals surface area (Å²) in [7, 11) is 2.57. The summed E-state index contributed by atoms with van der Waals surface area (Å²) >= 11 is 0. The molecule has 0 radical (unpaired) electrons. The lowest BCUT2D eigenvalue weighted by molar-refractivity contribution is 0.123. The molecular weight excluding hydrogens is 320 g/mol. The van der Waals surface area contributed by atoms with E-state index in [1.54, 1.807) is 21.3 Å². The maximum Gasteiger partial charge on any atom is 0.500 e. The molecule has 1 aromatic rings. The van der Waals surface area contributed by atoms with E-state index in [0.29, 0.717) is 0 Å². The Kier molecular flexibility index (Phi) is 12.7. The van der Waals surface area contributed by atoms with Gasteiger partial charge in [-0.05, 0) is 18.5 Å². The zero-order chi connectivity index (χ0) is 15.4. The van der Waals surface area contributed by atoms with Crippen molar-refractivity contribution < 1.29 is 13.3 Å². The van der Waals surface area contributed by atoms with Gasteiger partial charge in [-0.1, -0.05) is 30.3 Å². The maximum absolute atomic E-state index is 5.38. The summed E-state index contributed by atoms with van der Waals surface area (Å²) < 4.78 is 16.2. The fraction of sp³-hybridized carbons (Fsp3) is 0.600. The molecule has 2 N–H and O–H groups in total. The van der Waals surface area contributed by atoms with Crippen molar-refractivity contribution in [1.29, 1.82) is 0 Å².